The van der Waals surface area contributed by atoms with Crippen molar-refractivity contribution in [2.24, 2.45) is 0 Å². The van der Waals surface area contributed by atoms with Gasteiger partial charge in [0.25, 0.3) is 0 Å². The summed E-state index contributed by atoms with van der Waals surface area (Å²) >= 11 is 3.55. The second-order valence-corrected chi connectivity index (χ2v) is 8.92. The SMILES string of the molecule is CCOc1ccc(N2C(=O)C[C@@H](SCCC(=O)Nc3ccc(I)cc3)C2=O)cc1. The van der Waals surface area contributed by atoms with Gasteiger partial charge in [-0.15, -0.1) is 11.8 Å². The van der Waals surface area contributed by atoms with E-state index in [9.17, 15) is 14.4 Å². The number of nitrogens with zero attached hydrogens (tertiary/aromatic N) is 1. The van der Waals surface area contributed by atoms with Gasteiger partial charge in [0, 0.05) is 27.9 Å². The zero-order chi connectivity index (χ0) is 20.8. The predicted molar refractivity (Wildman–Crippen MR) is 123 cm³/mol. The van der Waals surface area contributed by atoms with E-state index in [2.05, 4.69) is 27.9 Å². The van der Waals surface area contributed by atoms with Crippen molar-refractivity contribution in [1.29, 1.82) is 0 Å². The van der Waals surface area contributed by atoms with Gasteiger partial charge < -0.3 is 10.1 Å². The highest BCUT2D eigenvalue weighted by atomic mass is 127. The molecule has 0 radical (unpaired) electrons. The van der Waals surface area contributed by atoms with Gasteiger partial charge in [-0.2, -0.15) is 0 Å². The minimum Gasteiger partial charge on any atom is -0.494 e. The maximum atomic E-state index is 12.7. The molecule has 1 heterocycles. The number of thioether (sulfide) groups is 1. The standard InChI is InChI=1S/C21H21IN2O4S/c1-2-28-17-9-7-16(8-10-17)24-20(26)13-18(21(24)27)29-12-11-19(25)23-15-5-3-14(22)4-6-15/h3-10,18H,2,11-13H2,1H3,(H,23,25)/t18-/m1/s1. The zero-order valence-corrected chi connectivity index (χ0v) is 18.9. The molecule has 152 valence electrons. The Morgan fingerprint density at radius 1 is 1.17 bits per heavy atom. The maximum absolute atomic E-state index is 12.7. The first kappa shape index (κ1) is 21.6. The van der Waals surface area contributed by atoms with Gasteiger partial charge in [-0.05, 0) is 78.0 Å². The minimum absolute atomic E-state index is 0.112. The molecule has 2 aromatic carbocycles. The second-order valence-electron chi connectivity index (χ2n) is 6.36. The van der Waals surface area contributed by atoms with Crippen molar-refractivity contribution in [3.05, 3.63) is 52.1 Å². The topological polar surface area (TPSA) is 75.7 Å². The maximum Gasteiger partial charge on any atom is 0.247 e. The highest BCUT2D eigenvalue weighted by molar-refractivity contribution is 14.1. The number of carbonyl (C=O) groups excluding carboxylic acids is 3. The third-order valence-electron chi connectivity index (χ3n) is 4.29. The molecule has 1 aliphatic rings. The molecule has 0 aromatic heterocycles. The van der Waals surface area contributed by atoms with E-state index in [0.717, 1.165) is 9.26 Å². The summed E-state index contributed by atoms with van der Waals surface area (Å²) in [6.07, 6.45) is 0.424. The van der Waals surface area contributed by atoms with E-state index in [1.54, 1.807) is 24.3 Å². The molecule has 8 heteroatoms. The van der Waals surface area contributed by atoms with E-state index in [-0.39, 0.29) is 30.6 Å². The molecule has 1 saturated heterocycles. The van der Waals surface area contributed by atoms with Crippen LogP contribution in [0.25, 0.3) is 0 Å². The van der Waals surface area contributed by atoms with E-state index in [4.69, 9.17) is 4.74 Å². The average Bonchev–Trinajstić information content (AvgIpc) is 2.98. The Kier molecular flexibility index (Phi) is 7.54. The van der Waals surface area contributed by atoms with Crippen molar-refractivity contribution in [3.63, 3.8) is 0 Å². The smallest absolute Gasteiger partial charge is 0.247 e. The third kappa shape index (κ3) is 5.72. The van der Waals surface area contributed by atoms with E-state index < -0.39 is 5.25 Å². The summed E-state index contributed by atoms with van der Waals surface area (Å²) in [5.74, 6) is 0.596. The molecule has 0 aliphatic carbocycles. The Labute approximate surface area is 187 Å². The van der Waals surface area contributed by atoms with Crippen LogP contribution < -0.4 is 15.0 Å². The van der Waals surface area contributed by atoms with Crippen LogP contribution in [-0.4, -0.2) is 35.3 Å². The van der Waals surface area contributed by atoms with Gasteiger partial charge in [0.1, 0.15) is 5.75 Å². The van der Waals surface area contributed by atoms with Crippen molar-refractivity contribution >= 4 is 63.4 Å². The number of hydrogen-bond donors (Lipinski definition) is 1. The summed E-state index contributed by atoms with van der Waals surface area (Å²) in [7, 11) is 0. The lowest BCUT2D eigenvalue weighted by Crippen LogP contribution is -2.31. The van der Waals surface area contributed by atoms with Crippen LogP contribution in [0.1, 0.15) is 19.8 Å². The fourth-order valence-corrected chi connectivity index (χ4v) is 4.37. The van der Waals surface area contributed by atoms with Crippen molar-refractivity contribution in [2.45, 2.75) is 25.0 Å². The molecule has 29 heavy (non-hydrogen) atoms. The van der Waals surface area contributed by atoms with Gasteiger partial charge in [0.15, 0.2) is 0 Å². The van der Waals surface area contributed by atoms with Gasteiger partial charge in [-0.25, -0.2) is 4.90 Å². The first-order chi connectivity index (χ1) is 14.0. The Bertz CT molecular complexity index is 887. The van der Waals surface area contributed by atoms with Crippen molar-refractivity contribution in [2.75, 3.05) is 22.6 Å². The number of anilines is 2. The van der Waals surface area contributed by atoms with Crippen LogP contribution in [0.3, 0.4) is 0 Å². The number of ether oxygens (including phenoxy) is 1. The number of amides is 3. The number of rotatable bonds is 8. The van der Waals surface area contributed by atoms with E-state index in [1.807, 2.05) is 31.2 Å². The summed E-state index contributed by atoms with van der Waals surface area (Å²) in [4.78, 5) is 38.3. The van der Waals surface area contributed by atoms with Crippen LogP contribution >= 0.6 is 34.4 Å². The molecule has 0 saturated carbocycles. The van der Waals surface area contributed by atoms with Crippen molar-refractivity contribution in [3.8, 4) is 5.75 Å². The number of halogens is 1. The minimum atomic E-state index is -0.458. The van der Waals surface area contributed by atoms with Crippen molar-refractivity contribution in [1.82, 2.24) is 0 Å². The molecular formula is C21H21IN2O4S. The van der Waals surface area contributed by atoms with Crippen LogP contribution in [0.15, 0.2) is 48.5 Å². The molecule has 6 nitrogen and oxygen atoms in total. The summed E-state index contributed by atoms with van der Waals surface area (Å²) in [6, 6.07) is 14.4. The first-order valence-electron chi connectivity index (χ1n) is 9.24. The van der Waals surface area contributed by atoms with E-state index >= 15 is 0 Å². The number of hydrogen-bond acceptors (Lipinski definition) is 5. The highest BCUT2D eigenvalue weighted by Gasteiger charge is 2.39. The summed E-state index contributed by atoms with van der Waals surface area (Å²) in [6.45, 7) is 2.45. The summed E-state index contributed by atoms with van der Waals surface area (Å²) < 4.78 is 6.49. The molecule has 0 bridgehead atoms. The Balaban J connectivity index is 1.50. The van der Waals surface area contributed by atoms with Crippen LogP contribution in [0.2, 0.25) is 0 Å². The number of carbonyl (C=O) groups is 3. The fraction of sp³-hybridized carbons (Fsp3) is 0.286. The average molecular weight is 524 g/mol. The molecule has 1 N–H and O–H groups in total. The van der Waals surface area contributed by atoms with E-state index in [1.165, 1.54) is 16.7 Å². The molecular weight excluding hydrogens is 503 g/mol. The van der Waals surface area contributed by atoms with Crippen LogP contribution in [0.4, 0.5) is 11.4 Å². The summed E-state index contributed by atoms with van der Waals surface area (Å²) in [5, 5.41) is 2.38. The molecule has 1 aliphatic heterocycles. The molecule has 2 aromatic rings. The number of nitrogens with one attached hydrogen (secondary N) is 1. The van der Waals surface area contributed by atoms with Gasteiger partial charge in [0.2, 0.25) is 17.7 Å². The largest absolute Gasteiger partial charge is 0.494 e. The van der Waals surface area contributed by atoms with Crippen LogP contribution in [0, 0.1) is 3.57 Å². The van der Waals surface area contributed by atoms with Crippen molar-refractivity contribution < 1.29 is 19.1 Å². The zero-order valence-electron chi connectivity index (χ0n) is 15.9. The molecule has 1 fully saturated rings. The Morgan fingerprint density at radius 3 is 2.52 bits per heavy atom. The van der Waals surface area contributed by atoms with Gasteiger partial charge in [0.05, 0.1) is 17.5 Å². The third-order valence-corrected chi connectivity index (χ3v) is 6.22. The Morgan fingerprint density at radius 2 is 1.86 bits per heavy atom. The van der Waals surface area contributed by atoms with E-state index in [0.29, 0.717) is 23.8 Å². The van der Waals surface area contributed by atoms with Gasteiger partial charge in [-0.3, -0.25) is 14.4 Å². The first-order valence-corrected chi connectivity index (χ1v) is 11.4. The Hall–Kier alpha value is -2.07. The van der Waals surface area contributed by atoms with Crippen LogP contribution in [0.5, 0.6) is 5.75 Å². The lowest BCUT2D eigenvalue weighted by Gasteiger charge is -2.15. The highest BCUT2D eigenvalue weighted by Crippen LogP contribution is 2.31. The molecule has 3 rings (SSSR count). The predicted octanol–water partition coefficient (Wildman–Crippen LogP) is 4.08. The number of benzene rings is 2. The molecule has 1 atom stereocenters. The van der Waals surface area contributed by atoms with Crippen LogP contribution in [-0.2, 0) is 14.4 Å². The molecule has 0 unspecified atom stereocenters. The van der Waals surface area contributed by atoms with Gasteiger partial charge >= 0.3 is 0 Å². The number of imide groups is 1. The molecule has 0 spiro atoms. The monoisotopic (exact) mass is 524 g/mol. The molecule has 3 amide bonds. The van der Waals surface area contributed by atoms with Gasteiger partial charge in [-0.1, -0.05) is 0 Å². The fourth-order valence-electron chi connectivity index (χ4n) is 2.91. The second kappa shape index (κ2) is 10.1. The summed E-state index contributed by atoms with van der Waals surface area (Å²) in [5.41, 5.74) is 1.29. The normalized spacial score (nSPS) is 16.2. The quantitative estimate of drug-likeness (QED) is 0.416. The lowest BCUT2D eigenvalue weighted by molar-refractivity contribution is -0.121. The lowest BCUT2D eigenvalue weighted by atomic mass is 10.3.